The lowest BCUT2D eigenvalue weighted by Gasteiger charge is -2.41. The Hall–Kier alpha value is -2.00. The van der Waals surface area contributed by atoms with E-state index in [1.54, 1.807) is 0 Å². The van der Waals surface area contributed by atoms with Crippen LogP contribution in [0.5, 0.6) is 5.75 Å². The number of fused-ring (bicyclic) bond motifs is 1. The maximum Gasteiger partial charge on any atom is 0.246 e. The average molecular weight is 408 g/mol. The minimum atomic E-state index is -3.80. The van der Waals surface area contributed by atoms with E-state index in [2.05, 4.69) is 14.8 Å². The largest absolute Gasteiger partial charge is 0.495 e. The van der Waals surface area contributed by atoms with Gasteiger partial charge in [-0.2, -0.15) is 4.31 Å². The summed E-state index contributed by atoms with van der Waals surface area (Å²) in [4.78, 5) is -0.103. The van der Waals surface area contributed by atoms with Crippen LogP contribution in [0.1, 0.15) is 37.3 Å². The van der Waals surface area contributed by atoms with Crippen molar-refractivity contribution in [2.75, 3.05) is 20.2 Å². The summed E-state index contributed by atoms with van der Waals surface area (Å²) in [7, 11) is -2.41. The van der Waals surface area contributed by atoms with Gasteiger partial charge in [-0.25, -0.2) is 12.8 Å². The summed E-state index contributed by atoms with van der Waals surface area (Å²) < 4.78 is 48.7. The molecule has 28 heavy (non-hydrogen) atoms. The minimum Gasteiger partial charge on any atom is -0.495 e. The monoisotopic (exact) mass is 408 g/mol. The van der Waals surface area contributed by atoms with Gasteiger partial charge in [0.15, 0.2) is 0 Å². The third kappa shape index (κ3) is 3.30. The first-order valence-corrected chi connectivity index (χ1v) is 11.0. The van der Waals surface area contributed by atoms with E-state index < -0.39 is 15.8 Å². The zero-order valence-corrected chi connectivity index (χ0v) is 17.0. The quantitative estimate of drug-likeness (QED) is 0.780. The van der Waals surface area contributed by atoms with Crippen LogP contribution in [0.3, 0.4) is 0 Å². The van der Waals surface area contributed by atoms with Crippen molar-refractivity contribution in [1.82, 2.24) is 19.1 Å². The number of halogens is 1. The fraction of sp³-hybridized carbons (Fsp3) is 0.579. The molecule has 4 rings (SSSR count). The van der Waals surface area contributed by atoms with E-state index in [4.69, 9.17) is 4.74 Å². The van der Waals surface area contributed by atoms with Gasteiger partial charge >= 0.3 is 0 Å². The maximum absolute atomic E-state index is 13.7. The van der Waals surface area contributed by atoms with Crippen LogP contribution in [0, 0.1) is 18.2 Å². The Kier molecular flexibility index (Phi) is 4.91. The molecule has 0 atom stereocenters. The molecule has 0 unspecified atom stereocenters. The van der Waals surface area contributed by atoms with Crippen molar-refractivity contribution in [3.8, 4) is 5.75 Å². The topological polar surface area (TPSA) is 77.3 Å². The molecule has 7 nitrogen and oxygen atoms in total. The molecule has 2 aromatic rings. The molecular weight excluding hydrogens is 383 g/mol. The third-order valence-electron chi connectivity index (χ3n) is 6.28. The van der Waals surface area contributed by atoms with Gasteiger partial charge in [-0.1, -0.05) is 0 Å². The van der Waals surface area contributed by atoms with Gasteiger partial charge in [-0.3, -0.25) is 0 Å². The van der Waals surface area contributed by atoms with Gasteiger partial charge in [0.1, 0.15) is 28.1 Å². The summed E-state index contributed by atoms with van der Waals surface area (Å²) in [6.45, 7) is 3.71. The number of methoxy groups -OCH3 is 1. The van der Waals surface area contributed by atoms with E-state index in [0.29, 0.717) is 13.1 Å². The first kappa shape index (κ1) is 19.3. The fourth-order valence-electron chi connectivity index (χ4n) is 4.44. The lowest BCUT2D eigenvalue weighted by molar-refractivity contribution is 0.129. The average Bonchev–Trinajstić information content (AvgIpc) is 2.95. The highest BCUT2D eigenvalue weighted by atomic mass is 32.2. The van der Waals surface area contributed by atoms with Crippen molar-refractivity contribution >= 4 is 10.0 Å². The minimum absolute atomic E-state index is 0.103. The summed E-state index contributed by atoms with van der Waals surface area (Å²) in [5, 5.41) is 8.43. The summed E-state index contributed by atoms with van der Waals surface area (Å²) in [6, 6.07) is 3.60. The molecule has 3 heterocycles. The Bertz CT molecular complexity index is 981. The number of aryl methyl sites for hydroxylation is 2. The number of nitrogens with zero attached hydrogens (tertiary/aromatic N) is 4. The zero-order chi connectivity index (χ0) is 19.9. The standard InChI is InChI=1S/C19H25FN4O3S/c1-14-21-22-18-5-6-19(9-12-24(14)18)7-10-23(11-8-19)28(25,26)17-13-15(20)3-4-16(17)27-2/h3-4,13H,5-12H2,1-2H3. The van der Waals surface area contributed by atoms with Crippen LogP contribution in [0.2, 0.25) is 0 Å². The molecule has 1 aromatic heterocycles. The Morgan fingerprint density at radius 1 is 1.11 bits per heavy atom. The zero-order valence-electron chi connectivity index (χ0n) is 16.2. The Morgan fingerprint density at radius 3 is 2.54 bits per heavy atom. The number of ether oxygens (including phenoxy) is 1. The van der Waals surface area contributed by atoms with Crippen molar-refractivity contribution in [3.05, 3.63) is 35.7 Å². The first-order chi connectivity index (χ1) is 13.3. The lowest BCUT2D eigenvalue weighted by atomic mass is 9.73. The summed E-state index contributed by atoms with van der Waals surface area (Å²) in [5.74, 6) is 1.54. The van der Waals surface area contributed by atoms with Crippen molar-refractivity contribution in [2.24, 2.45) is 5.41 Å². The van der Waals surface area contributed by atoms with Gasteiger partial charge < -0.3 is 9.30 Å². The molecule has 0 N–H and O–H groups in total. The van der Waals surface area contributed by atoms with Crippen molar-refractivity contribution in [1.29, 1.82) is 0 Å². The second-order valence-corrected chi connectivity index (χ2v) is 9.67. The molecule has 0 aliphatic carbocycles. The second kappa shape index (κ2) is 7.11. The van der Waals surface area contributed by atoms with Gasteiger partial charge in [-0.15, -0.1) is 10.2 Å². The highest BCUT2D eigenvalue weighted by Gasteiger charge is 2.40. The molecular formula is C19H25FN4O3S. The van der Waals surface area contributed by atoms with E-state index in [1.807, 2.05) is 6.92 Å². The Morgan fingerprint density at radius 2 is 1.82 bits per heavy atom. The van der Waals surface area contributed by atoms with E-state index in [0.717, 1.165) is 56.4 Å². The third-order valence-corrected chi connectivity index (χ3v) is 8.20. The molecule has 2 aliphatic rings. The van der Waals surface area contributed by atoms with Crippen molar-refractivity contribution in [3.63, 3.8) is 0 Å². The van der Waals surface area contributed by atoms with Crippen LogP contribution in [-0.2, 0) is 23.0 Å². The van der Waals surface area contributed by atoms with E-state index >= 15 is 0 Å². The molecule has 0 saturated carbocycles. The summed E-state index contributed by atoms with van der Waals surface area (Å²) in [5.41, 5.74) is 0.116. The molecule has 1 fully saturated rings. The van der Waals surface area contributed by atoms with Gasteiger partial charge in [0.05, 0.1) is 7.11 Å². The second-order valence-electron chi connectivity index (χ2n) is 7.76. The number of rotatable bonds is 3. The molecule has 0 radical (unpaired) electrons. The van der Waals surface area contributed by atoms with Crippen LogP contribution >= 0.6 is 0 Å². The van der Waals surface area contributed by atoms with E-state index in [1.165, 1.54) is 23.5 Å². The highest BCUT2D eigenvalue weighted by Crippen LogP contribution is 2.43. The molecule has 0 amide bonds. The fourth-order valence-corrected chi connectivity index (χ4v) is 6.05. The molecule has 9 heteroatoms. The number of hydrogen-bond donors (Lipinski definition) is 0. The van der Waals surface area contributed by atoms with Crippen molar-refractivity contribution in [2.45, 2.75) is 50.5 Å². The van der Waals surface area contributed by atoms with Gasteiger partial charge in [-0.05, 0) is 56.2 Å². The Balaban J connectivity index is 1.51. The van der Waals surface area contributed by atoms with E-state index in [9.17, 15) is 12.8 Å². The van der Waals surface area contributed by atoms with Gasteiger partial charge in [0, 0.05) is 26.1 Å². The van der Waals surface area contributed by atoms with E-state index in [-0.39, 0.29) is 16.1 Å². The molecule has 0 bridgehead atoms. The van der Waals surface area contributed by atoms with Crippen LogP contribution in [0.4, 0.5) is 4.39 Å². The number of benzene rings is 1. The van der Waals surface area contributed by atoms with Crippen LogP contribution in [-0.4, -0.2) is 47.7 Å². The molecule has 1 saturated heterocycles. The maximum atomic E-state index is 13.7. The van der Waals surface area contributed by atoms with Gasteiger partial charge in [0.2, 0.25) is 10.0 Å². The molecule has 2 aliphatic heterocycles. The van der Waals surface area contributed by atoms with Crippen LogP contribution in [0.25, 0.3) is 0 Å². The van der Waals surface area contributed by atoms with Crippen molar-refractivity contribution < 1.29 is 17.5 Å². The molecule has 152 valence electrons. The summed E-state index contributed by atoms with van der Waals surface area (Å²) in [6.07, 6.45) is 4.44. The highest BCUT2D eigenvalue weighted by molar-refractivity contribution is 7.89. The van der Waals surface area contributed by atoms with Crippen LogP contribution < -0.4 is 4.74 Å². The SMILES string of the molecule is COc1ccc(F)cc1S(=O)(=O)N1CCC2(CCc3nnc(C)n3CC2)CC1. The lowest BCUT2D eigenvalue weighted by Crippen LogP contribution is -2.43. The first-order valence-electron chi connectivity index (χ1n) is 9.57. The molecule has 1 spiro atoms. The predicted octanol–water partition coefficient (Wildman–Crippen LogP) is 2.54. The summed E-state index contributed by atoms with van der Waals surface area (Å²) >= 11 is 0. The van der Waals surface area contributed by atoms with Gasteiger partial charge in [0.25, 0.3) is 0 Å². The normalized spacial score (nSPS) is 20.0. The Labute approximate surface area is 164 Å². The number of aromatic nitrogens is 3. The molecule has 1 aromatic carbocycles. The number of sulfonamides is 1. The van der Waals surface area contributed by atoms with Crippen LogP contribution in [0.15, 0.2) is 23.1 Å². The number of piperidine rings is 1. The number of hydrogen-bond acceptors (Lipinski definition) is 5. The smallest absolute Gasteiger partial charge is 0.246 e. The predicted molar refractivity (Wildman–Crippen MR) is 101 cm³/mol.